The number of sulfonamides is 1. The average molecular weight is 462 g/mol. The molecule has 1 heterocycles. The first-order chi connectivity index (χ1) is 15.3. The van der Waals surface area contributed by atoms with Crippen molar-refractivity contribution in [3.8, 4) is 11.5 Å². The van der Waals surface area contributed by atoms with Gasteiger partial charge in [0, 0.05) is 31.6 Å². The standard InChI is InChI=1S/C22H27N3O6S/c1-30-19-7-3-15(13-20(19)31-2)9-11-23-21(26)10-12-24-32(28,29)17-5-6-18-16(14-17)4-8-22(27)25-18/h3,5-7,13-14,24H,4,8-12H2,1-2H3,(H,23,26)(H,25,27). The number of benzene rings is 2. The number of carbonyl (C=O) groups excluding carboxylic acids is 2. The van der Waals surface area contributed by atoms with Crippen LogP contribution in [0.3, 0.4) is 0 Å². The Kier molecular flexibility index (Phi) is 7.70. The topological polar surface area (TPSA) is 123 Å². The third-order valence-corrected chi connectivity index (χ3v) is 6.57. The molecule has 172 valence electrons. The number of aryl methyl sites for hydroxylation is 1. The molecule has 2 amide bonds. The molecule has 1 aliphatic rings. The highest BCUT2D eigenvalue weighted by atomic mass is 32.2. The minimum atomic E-state index is -3.75. The number of fused-ring (bicyclic) bond motifs is 1. The molecule has 0 bridgehead atoms. The molecule has 0 radical (unpaired) electrons. The molecule has 0 unspecified atom stereocenters. The number of hydrogen-bond acceptors (Lipinski definition) is 6. The van der Waals surface area contributed by atoms with Crippen LogP contribution in [0.1, 0.15) is 24.0 Å². The summed E-state index contributed by atoms with van der Waals surface area (Å²) in [5.41, 5.74) is 2.39. The molecular formula is C22H27N3O6S. The number of hydrogen-bond donors (Lipinski definition) is 3. The van der Waals surface area contributed by atoms with E-state index in [0.29, 0.717) is 43.0 Å². The lowest BCUT2D eigenvalue weighted by Crippen LogP contribution is -2.31. The van der Waals surface area contributed by atoms with E-state index in [4.69, 9.17) is 9.47 Å². The first kappa shape index (κ1) is 23.6. The second-order valence-electron chi connectivity index (χ2n) is 7.30. The Balaban J connectivity index is 1.45. The number of rotatable bonds is 10. The van der Waals surface area contributed by atoms with Crippen LogP contribution in [-0.2, 0) is 32.5 Å². The van der Waals surface area contributed by atoms with Crippen LogP contribution in [0.2, 0.25) is 0 Å². The molecule has 0 atom stereocenters. The van der Waals surface area contributed by atoms with Gasteiger partial charge in [-0.3, -0.25) is 9.59 Å². The summed E-state index contributed by atoms with van der Waals surface area (Å²) in [6.07, 6.45) is 1.44. The normalized spacial score (nSPS) is 13.1. The van der Waals surface area contributed by atoms with E-state index in [1.54, 1.807) is 32.4 Å². The Labute approximate surface area is 187 Å². The third kappa shape index (κ3) is 5.98. The van der Waals surface area contributed by atoms with Crippen molar-refractivity contribution >= 4 is 27.5 Å². The highest BCUT2D eigenvalue weighted by Crippen LogP contribution is 2.27. The molecule has 2 aromatic rings. The van der Waals surface area contributed by atoms with Crippen LogP contribution >= 0.6 is 0 Å². The second-order valence-corrected chi connectivity index (χ2v) is 9.07. The molecule has 0 saturated carbocycles. The summed E-state index contributed by atoms with van der Waals surface area (Å²) in [6.45, 7) is 0.399. The first-order valence-corrected chi connectivity index (χ1v) is 11.7. The SMILES string of the molecule is COc1ccc(CCNC(=O)CCNS(=O)(=O)c2ccc3c(c2)CCC(=O)N3)cc1OC. The van der Waals surface area contributed by atoms with Crippen molar-refractivity contribution in [3.05, 3.63) is 47.5 Å². The summed E-state index contributed by atoms with van der Waals surface area (Å²) in [4.78, 5) is 23.6. The fourth-order valence-corrected chi connectivity index (χ4v) is 4.46. The highest BCUT2D eigenvalue weighted by molar-refractivity contribution is 7.89. The van der Waals surface area contributed by atoms with E-state index >= 15 is 0 Å². The van der Waals surface area contributed by atoms with Crippen LogP contribution in [0.15, 0.2) is 41.3 Å². The maximum absolute atomic E-state index is 12.5. The molecule has 3 N–H and O–H groups in total. The number of amides is 2. The Morgan fingerprint density at radius 3 is 2.56 bits per heavy atom. The molecule has 0 fully saturated rings. The van der Waals surface area contributed by atoms with Crippen molar-refractivity contribution in [3.63, 3.8) is 0 Å². The van der Waals surface area contributed by atoms with Gasteiger partial charge < -0.3 is 20.1 Å². The molecule has 0 spiro atoms. The van der Waals surface area contributed by atoms with Crippen molar-refractivity contribution in [2.75, 3.05) is 32.6 Å². The van der Waals surface area contributed by atoms with Crippen LogP contribution in [0.4, 0.5) is 5.69 Å². The number of methoxy groups -OCH3 is 2. The molecule has 0 aromatic heterocycles. The van der Waals surface area contributed by atoms with Crippen molar-refractivity contribution in [2.24, 2.45) is 0 Å². The van der Waals surface area contributed by atoms with Gasteiger partial charge in [0.15, 0.2) is 11.5 Å². The molecule has 0 saturated heterocycles. The van der Waals surface area contributed by atoms with Crippen LogP contribution in [0, 0.1) is 0 Å². The van der Waals surface area contributed by atoms with E-state index < -0.39 is 10.0 Å². The zero-order chi connectivity index (χ0) is 23.1. The summed E-state index contributed by atoms with van der Waals surface area (Å²) >= 11 is 0. The third-order valence-electron chi connectivity index (χ3n) is 5.11. The molecule has 9 nitrogen and oxygen atoms in total. The lowest BCUT2D eigenvalue weighted by molar-refractivity contribution is -0.121. The average Bonchev–Trinajstić information content (AvgIpc) is 2.78. The Morgan fingerprint density at radius 2 is 1.81 bits per heavy atom. The van der Waals surface area contributed by atoms with Gasteiger partial charge >= 0.3 is 0 Å². The lowest BCUT2D eigenvalue weighted by atomic mass is 10.0. The van der Waals surface area contributed by atoms with Gasteiger partial charge in [-0.05, 0) is 54.3 Å². The van der Waals surface area contributed by atoms with Crippen molar-refractivity contribution in [1.82, 2.24) is 10.0 Å². The largest absolute Gasteiger partial charge is 0.493 e. The summed E-state index contributed by atoms with van der Waals surface area (Å²) in [7, 11) is -0.621. The van der Waals surface area contributed by atoms with Crippen molar-refractivity contribution in [1.29, 1.82) is 0 Å². The van der Waals surface area contributed by atoms with Crippen molar-refractivity contribution in [2.45, 2.75) is 30.6 Å². The first-order valence-electron chi connectivity index (χ1n) is 10.2. The van der Waals surface area contributed by atoms with Crippen LogP contribution in [-0.4, -0.2) is 47.5 Å². The molecule has 2 aromatic carbocycles. The van der Waals surface area contributed by atoms with E-state index in [9.17, 15) is 18.0 Å². The predicted molar refractivity (Wildman–Crippen MR) is 119 cm³/mol. The highest BCUT2D eigenvalue weighted by Gasteiger charge is 2.20. The van der Waals surface area contributed by atoms with Crippen LogP contribution in [0.5, 0.6) is 11.5 Å². The van der Waals surface area contributed by atoms with E-state index in [0.717, 1.165) is 11.1 Å². The summed E-state index contributed by atoms with van der Waals surface area (Å²) in [5.74, 6) is 0.927. The van der Waals surface area contributed by atoms with E-state index in [2.05, 4.69) is 15.4 Å². The van der Waals surface area contributed by atoms with E-state index in [1.807, 2.05) is 12.1 Å². The summed E-state index contributed by atoms with van der Waals surface area (Å²) in [5, 5.41) is 5.50. The Hall–Kier alpha value is -3.11. The van der Waals surface area contributed by atoms with Crippen LogP contribution < -0.4 is 24.8 Å². The van der Waals surface area contributed by atoms with Gasteiger partial charge in [0.1, 0.15) is 0 Å². The maximum Gasteiger partial charge on any atom is 0.240 e. The second kappa shape index (κ2) is 10.5. The van der Waals surface area contributed by atoms with Gasteiger partial charge in [-0.2, -0.15) is 0 Å². The number of ether oxygens (including phenoxy) is 2. The minimum absolute atomic E-state index is 0.0155. The molecular weight excluding hydrogens is 434 g/mol. The number of carbonyl (C=O) groups is 2. The summed E-state index contributed by atoms with van der Waals surface area (Å²) < 4.78 is 38.0. The van der Waals surface area contributed by atoms with Gasteiger partial charge in [0.05, 0.1) is 19.1 Å². The van der Waals surface area contributed by atoms with E-state index in [1.165, 1.54) is 6.07 Å². The van der Waals surface area contributed by atoms with Crippen molar-refractivity contribution < 1.29 is 27.5 Å². The minimum Gasteiger partial charge on any atom is -0.493 e. The number of anilines is 1. The molecule has 32 heavy (non-hydrogen) atoms. The molecule has 1 aliphatic heterocycles. The monoisotopic (exact) mass is 461 g/mol. The lowest BCUT2D eigenvalue weighted by Gasteiger charge is -2.17. The molecule has 10 heteroatoms. The maximum atomic E-state index is 12.5. The van der Waals surface area contributed by atoms with Gasteiger partial charge in [-0.1, -0.05) is 6.07 Å². The molecule has 3 rings (SSSR count). The van der Waals surface area contributed by atoms with Gasteiger partial charge in [-0.15, -0.1) is 0 Å². The van der Waals surface area contributed by atoms with Crippen LogP contribution in [0.25, 0.3) is 0 Å². The van der Waals surface area contributed by atoms with Gasteiger partial charge in [-0.25, -0.2) is 13.1 Å². The number of nitrogens with one attached hydrogen (secondary N) is 3. The Bertz CT molecular complexity index is 1100. The zero-order valence-electron chi connectivity index (χ0n) is 18.1. The Morgan fingerprint density at radius 1 is 1.03 bits per heavy atom. The van der Waals surface area contributed by atoms with Gasteiger partial charge in [0.25, 0.3) is 0 Å². The fraction of sp³-hybridized carbons (Fsp3) is 0.364. The smallest absolute Gasteiger partial charge is 0.240 e. The summed E-state index contributed by atoms with van der Waals surface area (Å²) in [6, 6.07) is 10.1. The van der Waals surface area contributed by atoms with E-state index in [-0.39, 0.29) is 29.7 Å². The predicted octanol–water partition coefficient (Wildman–Crippen LogP) is 1.62. The van der Waals surface area contributed by atoms with Gasteiger partial charge in [0.2, 0.25) is 21.8 Å². The fourth-order valence-electron chi connectivity index (χ4n) is 3.38. The molecule has 0 aliphatic carbocycles. The quantitative estimate of drug-likeness (QED) is 0.494. The zero-order valence-corrected chi connectivity index (χ0v) is 18.9.